The molecule has 0 spiro atoms. The zero-order valence-corrected chi connectivity index (χ0v) is 24.7. The molecule has 4 heterocycles. The van der Waals surface area contributed by atoms with E-state index in [1.165, 1.54) is 12.8 Å². The first-order chi connectivity index (χ1) is 20.8. The minimum Gasteiger partial charge on any atom is -0.508 e. The third kappa shape index (κ3) is 4.12. The molecule has 2 saturated carbocycles. The molecule has 1 amide bonds. The third-order valence-corrected chi connectivity index (χ3v) is 9.92. The second-order valence-corrected chi connectivity index (χ2v) is 12.7. The number of fused-ring (bicyclic) bond motifs is 4. The Hall–Kier alpha value is -4.37. The van der Waals surface area contributed by atoms with Gasteiger partial charge in [-0.2, -0.15) is 0 Å². The number of hydrogen-bond acceptors (Lipinski definition) is 6. The largest absolute Gasteiger partial charge is 0.508 e. The number of aryl methyl sites for hydroxylation is 2. The van der Waals surface area contributed by atoms with E-state index in [4.69, 9.17) is 20.4 Å². The third-order valence-electron chi connectivity index (χ3n) is 9.92. The standard InChI is InChI=1S/C34H36N6O3/c1-18-4-9-23(41)15-24(18)25-10-7-20-13-28(39(32(20)36-25)16-19-5-6-19)33-37-26-12-22(14-29(43-3)31(26)38(33)2)34(42)40-17-21-8-11-27(40)30(21)35/h4,7,9-10,12-15,19,21,27,30,41H,5-6,8,11,16-17,35H2,1-3H3/t21?,27?,30-/m1/s1. The molecule has 3 fully saturated rings. The highest BCUT2D eigenvalue weighted by Gasteiger charge is 2.47. The van der Waals surface area contributed by atoms with Gasteiger partial charge in [-0.3, -0.25) is 4.79 Å². The van der Waals surface area contributed by atoms with Gasteiger partial charge in [0.1, 0.15) is 22.7 Å². The van der Waals surface area contributed by atoms with Crippen molar-refractivity contribution in [3.8, 4) is 34.3 Å². The van der Waals surface area contributed by atoms with E-state index in [1.54, 1.807) is 19.2 Å². The van der Waals surface area contributed by atoms with Crippen molar-refractivity contribution in [1.82, 2.24) is 24.0 Å². The normalized spacial score (nSPS) is 21.4. The van der Waals surface area contributed by atoms with E-state index >= 15 is 0 Å². The average Bonchev–Trinajstić information content (AvgIpc) is 3.41. The second-order valence-electron chi connectivity index (χ2n) is 12.7. The van der Waals surface area contributed by atoms with Crippen molar-refractivity contribution in [3.05, 3.63) is 59.7 Å². The monoisotopic (exact) mass is 576 g/mol. The summed E-state index contributed by atoms with van der Waals surface area (Å²) in [6.45, 7) is 3.61. The Morgan fingerprint density at radius 3 is 2.63 bits per heavy atom. The lowest BCUT2D eigenvalue weighted by Crippen LogP contribution is -2.41. The lowest BCUT2D eigenvalue weighted by Gasteiger charge is -2.27. The van der Waals surface area contributed by atoms with Crippen LogP contribution in [0.2, 0.25) is 0 Å². The van der Waals surface area contributed by atoms with E-state index < -0.39 is 0 Å². The summed E-state index contributed by atoms with van der Waals surface area (Å²) in [7, 11) is 3.64. The Bertz CT molecular complexity index is 1940. The number of rotatable bonds is 6. The number of nitrogens with zero attached hydrogens (tertiary/aromatic N) is 5. The minimum atomic E-state index is -0.00290. The molecule has 1 aliphatic heterocycles. The number of pyridine rings is 1. The number of imidazole rings is 1. The van der Waals surface area contributed by atoms with Gasteiger partial charge >= 0.3 is 0 Å². The fraction of sp³-hybridized carbons (Fsp3) is 0.382. The molecule has 2 aliphatic carbocycles. The summed E-state index contributed by atoms with van der Waals surface area (Å²) < 4.78 is 10.2. The first kappa shape index (κ1) is 26.3. The van der Waals surface area contributed by atoms with Gasteiger partial charge in [-0.05, 0) is 92.5 Å². The molecule has 43 heavy (non-hydrogen) atoms. The number of carbonyl (C=O) groups excluding carboxylic acids is 1. The smallest absolute Gasteiger partial charge is 0.254 e. The minimum absolute atomic E-state index is 0.00290. The van der Waals surface area contributed by atoms with Crippen molar-refractivity contribution in [1.29, 1.82) is 0 Å². The van der Waals surface area contributed by atoms with Gasteiger partial charge in [-0.25, -0.2) is 9.97 Å². The molecule has 2 aromatic carbocycles. The van der Waals surface area contributed by atoms with E-state index in [2.05, 4.69) is 21.3 Å². The number of phenolic OH excluding ortho intramolecular Hbond substituents is 1. The average molecular weight is 577 g/mol. The summed E-state index contributed by atoms with van der Waals surface area (Å²) >= 11 is 0. The van der Waals surface area contributed by atoms with Crippen LogP contribution in [-0.4, -0.2) is 60.8 Å². The molecule has 3 aliphatic rings. The maximum Gasteiger partial charge on any atom is 0.254 e. The highest BCUT2D eigenvalue weighted by atomic mass is 16.5. The van der Waals surface area contributed by atoms with Crippen molar-refractivity contribution in [2.45, 2.75) is 51.2 Å². The molecule has 3 atom stereocenters. The molecular weight excluding hydrogens is 540 g/mol. The SMILES string of the molecule is COc1cc(C(=O)N2CC3CCC2[C@@H]3N)cc2nc(-c3cc4ccc(-c5cc(O)ccc5C)nc4n3CC3CC3)n(C)c12. The summed E-state index contributed by atoms with van der Waals surface area (Å²) in [5.41, 5.74) is 13.3. The number of hydrogen-bond donors (Lipinski definition) is 2. The van der Waals surface area contributed by atoms with Crippen LogP contribution in [0.4, 0.5) is 0 Å². The quantitative estimate of drug-likeness (QED) is 0.286. The zero-order valence-electron chi connectivity index (χ0n) is 24.7. The number of benzene rings is 2. The van der Waals surface area contributed by atoms with Gasteiger partial charge in [-0.15, -0.1) is 0 Å². The van der Waals surface area contributed by atoms with Crippen LogP contribution in [0.1, 0.15) is 41.6 Å². The van der Waals surface area contributed by atoms with Crippen LogP contribution >= 0.6 is 0 Å². The Morgan fingerprint density at radius 2 is 1.91 bits per heavy atom. The van der Waals surface area contributed by atoms with Gasteiger partial charge in [-0.1, -0.05) is 6.07 Å². The fourth-order valence-corrected chi connectivity index (χ4v) is 7.36. The van der Waals surface area contributed by atoms with Crippen molar-refractivity contribution in [3.63, 3.8) is 0 Å². The van der Waals surface area contributed by atoms with Gasteiger partial charge in [0.05, 0.1) is 24.0 Å². The first-order valence-electron chi connectivity index (χ1n) is 15.2. The molecule has 9 heteroatoms. The lowest BCUT2D eigenvalue weighted by molar-refractivity contribution is 0.0700. The van der Waals surface area contributed by atoms with Crippen LogP contribution in [0.3, 0.4) is 0 Å². The molecule has 5 aromatic rings. The highest BCUT2D eigenvalue weighted by Crippen LogP contribution is 2.40. The van der Waals surface area contributed by atoms with Gasteiger partial charge < -0.3 is 29.6 Å². The Labute approximate surface area is 249 Å². The molecule has 9 nitrogen and oxygen atoms in total. The van der Waals surface area contributed by atoms with Crippen molar-refractivity contribution in [2.75, 3.05) is 13.7 Å². The summed E-state index contributed by atoms with van der Waals surface area (Å²) in [5, 5.41) is 11.2. The van der Waals surface area contributed by atoms with Gasteiger partial charge in [0.15, 0.2) is 5.82 Å². The van der Waals surface area contributed by atoms with Crippen LogP contribution in [0.15, 0.2) is 48.5 Å². The van der Waals surface area contributed by atoms with Crippen LogP contribution in [0.5, 0.6) is 11.5 Å². The van der Waals surface area contributed by atoms with E-state index in [-0.39, 0.29) is 23.7 Å². The number of piperidine rings is 1. The molecule has 2 bridgehead atoms. The van der Waals surface area contributed by atoms with Crippen molar-refractivity contribution in [2.24, 2.45) is 24.6 Å². The van der Waals surface area contributed by atoms with E-state index in [1.807, 2.05) is 43.1 Å². The Balaban J connectivity index is 1.25. The van der Waals surface area contributed by atoms with Crippen molar-refractivity contribution >= 4 is 28.0 Å². The molecule has 3 N–H and O–H groups in total. The zero-order chi connectivity index (χ0) is 29.6. The topological polar surface area (TPSA) is 111 Å². The maximum absolute atomic E-state index is 13.7. The summed E-state index contributed by atoms with van der Waals surface area (Å²) in [5.74, 6) is 2.65. The number of aromatic nitrogens is 4. The number of methoxy groups -OCH3 is 1. The predicted octanol–water partition coefficient (Wildman–Crippen LogP) is 5.25. The Kier molecular flexibility index (Phi) is 5.85. The first-order valence-corrected chi connectivity index (χ1v) is 15.2. The second kappa shape index (κ2) is 9.57. The number of phenols is 1. The number of likely N-dealkylation sites (tertiary alicyclic amines) is 1. The molecular formula is C34H36N6O3. The number of carbonyl (C=O) groups is 1. The summed E-state index contributed by atoms with van der Waals surface area (Å²) in [4.78, 5) is 25.9. The van der Waals surface area contributed by atoms with Crippen LogP contribution in [0, 0.1) is 18.8 Å². The van der Waals surface area contributed by atoms with E-state index in [9.17, 15) is 9.90 Å². The summed E-state index contributed by atoms with van der Waals surface area (Å²) in [6.07, 6.45) is 4.47. The molecule has 2 unspecified atom stereocenters. The van der Waals surface area contributed by atoms with Crippen LogP contribution in [-0.2, 0) is 13.6 Å². The molecule has 0 radical (unpaired) electrons. The molecule has 3 aromatic heterocycles. The van der Waals surface area contributed by atoms with Gasteiger partial charge in [0.2, 0.25) is 0 Å². The number of nitrogens with two attached hydrogens (primary N) is 1. The molecule has 1 saturated heterocycles. The number of aromatic hydroxyl groups is 1. The summed E-state index contributed by atoms with van der Waals surface area (Å²) in [6, 6.07) is 15.6. The highest BCUT2D eigenvalue weighted by molar-refractivity contribution is 6.00. The Morgan fingerprint density at radius 1 is 1.07 bits per heavy atom. The van der Waals surface area contributed by atoms with Gasteiger partial charge in [0, 0.05) is 48.7 Å². The number of ether oxygens (including phenoxy) is 1. The van der Waals surface area contributed by atoms with Crippen molar-refractivity contribution < 1.29 is 14.6 Å². The van der Waals surface area contributed by atoms with Crippen LogP contribution in [0.25, 0.3) is 44.8 Å². The molecule has 220 valence electrons. The van der Waals surface area contributed by atoms with Gasteiger partial charge in [0.25, 0.3) is 5.91 Å². The number of amides is 1. The predicted molar refractivity (Wildman–Crippen MR) is 166 cm³/mol. The maximum atomic E-state index is 13.7. The van der Waals surface area contributed by atoms with E-state index in [0.29, 0.717) is 23.1 Å². The van der Waals surface area contributed by atoms with Crippen LogP contribution < -0.4 is 10.5 Å². The lowest BCUT2D eigenvalue weighted by atomic mass is 10.0. The van der Waals surface area contributed by atoms with E-state index in [0.717, 1.165) is 76.3 Å². The fourth-order valence-electron chi connectivity index (χ4n) is 7.36. The molecule has 8 rings (SSSR count).